The van der Waals surface area contributed by atoms with Crippen molar-refractivity contribution in [2.75, 3.05) is 0 Å². The Morgan fingerprint density at radius 3 is 2.37 bits per heavy atom. The number of rotatable bonds is 3. The average Bonchev–Trinajstić information content (AvgIpc) is 2.36. The summed E-state index contributed by atoms with van der Waals surface area (Å²) in [7, 11) is 0. The third-order valence-corrected chi connectivity index (χ3v) is 3.40. The van der Waals surface area contributed by atoms with E-state index in [1.807, 2.05) is 0 Å². The van der Waals surface area contributed by atoms with Crippen molar-refractivity contribution >= 4 is 31.9 Å². The fraction of sp³-hybridized carbons (Fsp3) is 0.0769. The van der Waals surface area contributed by atoms with E-state index in [0.29, 0.717) is 10.0 Å². The van der Waals surface area contributed by atoms with Crippen LogP contribution in [0.25, 0.3) is 0 Å². The molecule has 0 spiro atoms. The van der Waals surface area contributed by atoms with Crippen LogP contribution in [0.15, 0.2) is 39.3 Å². The van der Waals surface area contributed by atoms with Crippen molar-refractivity contribution in [2.24, 2.45) is 0 Å². The highest BCUT2D eigenvalue weighted by molar-refractivity contribution is 9.10. The van der Waals surface area contributed by atoms with Crippen molar-refractivity contribution in [3.63, 3.8) is 0 Å². The van der Waals surface area contributed by atoms with Gasteiger partial charge in [-0.05, 0) is 45.8 Å². The SMILES string of the molecule is Fc1ccc(COc2cc(Br)cc(F)c2F)cc1Br. The lowest BCUT2D eigenvalue weighted by Crippen LogP contribution is -1.99. The molecule has 0 aliphatic rings. The minimum atomic E-state index is -1.05. The van der Waals surface area contributed by atoms with Gasteiger partial charge in [0.25, 0.3) is 0 Å². The van der Waals surface area contributed by atoms with Gasteiger partial charge in [-0.3, -0.25) is 0 Å². The first-order valence-electron chi connectivity index (χ1n) is 5.18. The van der Waals surface area contributed by atoms with E-state index in [4.69, 9.17) is 4.74 Å². The highest BCUT2D eigenvalue weighted by Crippen LogP contribution is 2.26. The van der Waals surface area contributed by atoms with Crippen LogP contribution in [0.4, 0.5) is 13.2 Å². The van der Waals surface area contributed by atoms with E-state index in [1.165, 1.54) is 24.3 Å². The number of halogens is 5. The topological polar surface area (TPSA) is 9.23 Å². The number of hydrogen-bond donors (Lipinski definition) is 0. The van der Waals surface area contributed by atoms with Gasteiger partial charge in [-0.1, -0.05) is 22.0 Å². The van der Waals surface area contributed by atoms with Crippen LogP contribution < -0.4 is 4.74 Å². The van der Waals surface area contributed by atoms with Gasteiger partial charge in [-0.15, -0.1) is 0 Å². The van der Waals surface area contributed by atoms with Crippen LogP contribution in [0.2, 0.25) is 0 Å². The Kier molecular flexibility index (Phi) is 4.52. The molecular formula is C13H7Br2F3O. The van der Waals surface area contributed by atoms with Crippen molar-refractivity contribution in [3.05, 3.63) is 62.3 Å². The molecule has 0 unspecified atom stereocenters. The van der Waals surface area contributed by atoms with Crippen LogP contribution in [0, 0.1) is 17.5 Å². The van der Waals surface area contributed by atoms with Crippen LogP contribution in [0.5, 0.6) is 5.75 Å². The second-order valence-corrected chi connectivity index (χ2v) is 5.51. The third kappa shape index (κ3) is 3.51. The molecule has 2 aromatic carbocycles. The molecule has 0 N–H and O–H groups in total. The fourth-order valence-corrected chi connectivity index (χ4v) is 2.26. The van der Waals surface area contributed by atoms with Crippen LogP contribution in [-0.2, 0) is 6.61 Å². The lowest BCUT2D eigenvalue weighted by atomic mass is 10.2. The molecule has 2 rings (SSSR count). The van der Waals surface area contributed by atoms with E-state index in [2.05, 4.69) is 31.9 Å². The molecule has 19 heavy (non-hydrogen) atoms. The minimum Gasteiger partial charge on any atom is -0.486 e. The molecular weight excluding hydrogens is 389 g/mol. The van der Waals surface area contributed by atoms with Gasteiger partial charge in [0.2, 0.25) is 5.82 Å². The summed E-state index contributed by atoms with van der Waals surface area (Å²) in [5.74, 6) is -2.65. The molecule has 0 aromatic heterocycles. The van der Waals surface area contributed by atoms with Crippen LogP contribution >= 0.6 is 31.9 Å². The molecule has 0 atom stereocenters. The van der Waals surface area contributed by atoms with Gasteiger partial charge in [0, 0.05) is 4.47 Å². The lowest BCUT2D eigenvalue weighted by molar-refractivity contribution is 0.284. The van der Waals surface area contributed by atoms with Gasteiger partial charge in [0.05, 0.1) is 4.47 Å². The van der Waals surface area contributed by atoms with Crippen molar-refractivity contribution in [2.45, 2.75) is 6.61 Å². The molecule has 100 valence electrons. The predicted octanol–water partition coefficient (Wildman–Crippen LogP) is 5.21. The summed E-state index contributed by atoms with van der Waals surface area (Å²) in [6.45, 7) is 0.00565. The summed E-state index contributed by atoms with van der Waals surface area (Å²) in [4.78, 5) is 0. The molecule has 0 bridgehead atoms. The first-order chi connectivity index (χ1) is 8.97. The number of hydrogen-bond acceptors (Lipinski definition) is 1. The summed E-state index contributed by atoms with van der Waals surface area (Å²) in [5.41, 5.74) is 0.632. The normalized spacial score (nSPS) is 10.6. The summed E-state index contributed by atoms with van der Waals surface area (Å²) < 4.78 is 45.5. The fourth-order valence-electron chi connectivity index (χ4n) is 1.43. The summed E-state index contributed by atoms with van der Waals surface area (Å²) in [6.07, 6.45) is 0. The number of benzene rings is 2. The zero-order valence-corrected chi connectivity index (χ0v) is 12.6. The van der Waals surface area contributed by atoms with E-state index < -0.39 is 17.5 Å². The monoisotopic (exact) mass is 394 g/mol. The summed E-state index contributed by atoms with van der Waals surface area (Å²) >= 11 is 6.09. The standard InChI is InChI=1S/C13H7Br2F3O/c14-8-4-11(17)13(18)12(5-8)19-6-7-1-2-10(16)9(15)3-7/h1-5H,6H2. The zero-order chi connectivity index (χ0) is 14.0. The Hall–Kier alpha value is -1.01. The lowest BCUT2D eigenvalue weighted by Gasteiger charge is -2.09. The highest BCUT2D eigenvalue weighted by atomic mass is 79.9. The highest BCUT2D eigenvalue weighted by Gasteiger charge is 2.11. The largest absolute Gasteiger partial charge is 0.486 e. The Morgan fingerprint density at radius 1 is 0.947 bits per heavy atom. The van der Waals surface area contributed by atoms with Crippen LogP contribution in [-0.4, -0.2) is 0 Å². The molecule has 0 amide bonds. The van der Waals surface area contributed by atoms with Gasteiger partial charge in [0.15, 0.2) is 11.6 Å². The smallest absolute Gasteiger partial charge is 0.200 e. The maximum Gasteiger partial charge on any atom is 0.200 e. The van der Waals surface area contributed by atoms with Gasteiger partial charge in [-0.25, -0.2) is 8.78 Å². The second-order valence-electron chi connectivity index (χ2n) is 3.74. The van der Waals surface area contributed by atoms with Gasteiger partial charge >= 0.3 is 0 Å². The molecule has 1 nitrogen and oxygen atoms in total. The molecule has 0 saturated heterocycles. The predicted molar refractivity (Wildman–Crippen MR) is 72.5 cm³/mol. The Labute approximate surface area is 124 Å². The molecule has 0 saturated carbocycles. The van der Waals surface area contributed by atoms with Crippen molar-refractivity contribution in [1.29, 1.82) is 0 Å². The summed E-state index contributed by atoms with van der Waals surface area (Å²) in [6, 6.07) is 6.63. The molecule has 0 fully saturated rings. The third-order valence-electron chi connectivity index (χ3n) is 2.34. The zero-order valence-electron chi connectivity index (χ0n) is 9.39. The second kappa shape index (κ2) is 5.96. The Balaban J connectivity index is 2.16. The minimum absolute atomic E-state index is 0.00565. The molecule has 0 aliphatic heterocycles. The van der Waals surface area contributed by atoms with Gasteiger partial charge < -0.3 is 4.74 Å². The molecule has 0 aliphatic carbocycles. The maximum atomic E-state index is 13.4. The molecule has 0 heterocycles. The van der Waals surface area contributed by atoms with E-state index in [-0.39, 0.29) is 16.8 Å². The molecule has 2 aromatic rings. The quantitative estimate of drug-likeness (QED) is 0.648. The first kappa shape index (κ1) is 14.4. The van der Waals surface area contributed by atoms with Crippen molar-refractivity contribution in [1.82, 2.24) is 0 Å². The van der Waals surface area contributed by atoms with E-state index >= 15 is 0 Å². The Morgan fingerprint density at radius 2 is 1.68 bits per heavy atom. The van der Waals surface area contributed by atoms with Crippen LogP contribution in [0.3, 0.4) is 0 Å². The van der Waals surface area contributed by atoms with Gasteiger partial charge in [-0.2, -0.15) is 4.39 Å². The average molecular weight is 396 g/mol. The van der Waals surface area contributed by atoms with Crippen LogP contribution in [0.1, 0.15) is 5.56 Å². The summed E-state index contributed by atoms with van der Waals surface area (Å²) in [5, 5.41) is 0. The molecule has 6 heteroatoms. The van der Waals surface area contributed by atoms with Crippen molar-refractivity contribution in [3.8, 4) is 5.75 Å². The van der Waals surface area contributed by atoms with Gasteiger partial charge in [0.1, 0.15) is 12.4 Å². The van der Waals surface area contributed by atoms with Crippen molar-refractivity contribution < 1.29 is 17.9 Å². The van der Waals surface area contributed by atoms with E-state index in [0.717, 1.165) is 6.07 Å². The molecule has 0 radical (unpaired) electrons. The van der Waals surface area contributed by atoms with E-state index in [9.17, 15) is 13.2 Å². The van der Waals surface area contributed by atoms with E-state index in [1.54, 1.807) is 0 Å². The Bertz CT molecular complexity index is 617. The first-order valence-corrected chi connectivity index (χ1v) is 6.77. The number of ether oxygens (including phenoxy) is 1. The maximum absolute atomic E-state index is 13.4.